The molecule has 0 aromatic heterocycles. The molecule has 1 heterocycles. The number of nitrogens with zero attached hydrogens (tertiary/aromatic N) is 1. The third-order valence-corrected chi connectivity index (χ3v) is 4.61. The maximum atomic E-state index is 13.1. The van der Waals surface area contributed by atoms with Gasteiger partial charge in [0.1, 0.15) is 0 Å². The van der Waals surface area contributed by atoms with E-state index in [1.165, 1.54) is 0 Å². The van der Waals surface area contributed by atoms with E-state index in [0.29, 0.717) is 11.1 Å². The van der Waals surface area contributed by atoms with E-state index < -0.39 is 0 Å². The van der Waals surface area contributed by atoms with E-state index in [-0.39, 0.29) is 11.7 Å². The van der Waals surface area contributed by atoms with Crippen LogP contribution in [0.15, 0.2) is 42.5 Å². The van der Waals surface area contributed by atoms with Crippen molar-refractivity contribution in [2.75, 3.05) is 13.1 Å². The van der Waals surface area contributed by atoms with Gasteiger partial charge in [0.05, 0.1) is 11.6 Å². The summed E-state index contributed by atoms with van der Waals surface area (Å²) in [6.45, 7) is 3.82. The van der Waals surface area contributed by atoms with Crippen LogP contribution >= 0.6 is 0 Å². The molecule has 0 bridgehead atoms. The Morgan fingerprint density at radius 1 is 1.09 bits per heavy atom. The fourth-order valence-electron chi connectivity index (χ4n) is 3.38. The first-order chi connectivity index (χ1) is 11.2. The van der Waals surface area contributed by atoms with E-state index in [0.717, 1.165) is 42.6 Å². The Balaban J connectivity index is 2.10. The molecule has 0 radical (unpaired) electrons. The zero-order chi connectivity index (χ0) is 16.2. The van der Waals surface area contributed by atoms with Crippen molar-refractivity contribution in [1.82, 2.24) is 5.32 Å². The fraction of sp³-hybridized carbons (Fsp3) is 0.300. The summed E-state index contributed by atoms with van der Waals surface area (Å²) in [6, 6.07) is 15.4. The minimum Gasteiger partial charge on any atom is -0.317 e. The minimum absolute atomic E-state index is 0.0220. The summed E-state index contributed by atoms with van der Waals surface area (Å²) in [5.74, 6) is 0.295. The number of rotatable bonds is 3. The Kier molecular flexibility index (Phi) is 4.55. The van der Waals surface area contributed by atoms with Crippen molar-refractivity contribution in [3.63, 3.8) is 0 Å². The number of ketones is 1. The summed E-state index contributed by atoms with van der Waals surface area (Å²) in [5, 5.41) is 12.8. The standard InChI is InChI=1S/C20H20N2O/c1-14-5-2-3-7-17(14)20(23)18-8-4-6-16(13-21)19(18)15-9-11-22-12-10-15/h2-8,15,22H,9-12H2,1H3. The molecule has 0 spiro atoms. The Labute approximate surface area is 137 Å². The molecule has 0 saturated carbocycles. The highest BCUT2D eigenvalue weighted by molar-refractivity contribution is 6.11. The first-order valence-corrected chi connectivity index (χ1v) is 8.06. The van der Waals surface area contributed by atoms with Crippen LogP contribution in [0.4, 0.5) is 0 Å². The average Bonchev–Trinajstić information content (AvgIpc) is 2.61. The van der Waals surface area contributed by atoms with E-state index in [2.05, 4.69) is 11.4 Å². The quantitative estimate of drug-likeness (QED) is 0.882. The third-order valence-electron chi connectivity index (χ3n) is 4.61. The van der Waals surface area contributed by atoms with Crippen molar-refractivity contribution in [3.05, 3.63) is 70.3 Å². The molecule has 23 heavy (non-hydrogen) atoms. The lowest BCUT2D eigenvalue weighted by molar-refractivity contribution is 0.103. The van der Waals surface area contributed by atoms with Gasteiger partial charge in [0.2, 0.25) is 0 Å². The van der Waals surface area contributed by atoms with Crippen LogP contribution in [-0.4, -0.2) is 18.9 Å². The molecular formula is C20H20N2O. The van der Waals surface area contributed by atoms with E-state index in [1.54, 1.807) is 0 Å². The Morgan fingerprint density at radius 2 is 1.78 bits per heavy atom. The molecule has 2 aromatic carbocycles. The van der Waals surface area contributed by atoms with Crippen molar-refractivity contribution in [1.29, 1.82) is 5.26 Å². The van der Waals surface area contributed by atoms with Gasteiger partial charge in [-0.15, -0.1) is 0 Å². The van der Waals surface area contributed by atoms with Crippen LogP contribution in [0.1, 0.15) is 51.4 Å². The highest BCUT2D eigenvalue weighted by Gasteiger charge is 2.25. The number of carbonyl (C=O) groups is 1. The van der Waals surface area contributed by atoms with Crippen molar-refractivity contribution < 1.29 is 4.79 Å². The van der Waals surface area contributed by atoms with Gasteiger partial charge in [-0.1, -0.05) is 36.4 Å². The van der Waals surface area contributed by atoms with Crippen LogP contribution in [0.3, 0.4) is 0 Å². The smallest absolute Gasteiger partial charge is 0.193 e. The molecule has 1 fully saturated rings. The number of nitrogens with one attached hydrogen (secondary N) is 1. The lowest BCUT2D eigenvalue weighted by Crippen LogP contribution is -2.28. The number of hydrogen-bond donors (Lipinski definition) is 1. The summed E-state index contributed by atoms with van der Waals surface area (Å²) >= 11 is 0. The Bertz CT molecular complexity index is 767. The maximum absolute atomic E-state index is 13.1. The Morgan fingerprint density at radius 3 is 2.48 bits per heavy atom. The molecule has 3 heteroatoms. The summed E-state index contributed by atoms with van der Waals surface area (Å²) in [5.41, 5.74) is 3.94. The third kappa shape index (κ3) is 3.04. The largest absolute Gasteiger partial charge is 0.317 e. The highest BCUT2D eigenvalue weighted by atomic mass is 16.1. The van der Waals surface area contributed by atoms with Crippen LogP contribution in [0, 0.1) is 18.3 Å². The summed E-state index contributed by atoms with van der Waals surface area (Å²) in [4.78, 5) is 13.1. The molecule has 3 rings (SSSR count). The van der Waals surface area contributed by atoms with E-state index in [4.69, 9.17) is 0 Å². The number of aryl methyl sites for hydroxylation is 1. The molecule has 1 N–H and O–H groups in total. The topological polar surface area (TPSA) is 52.9 Å². The van der Waals surface area contributed by atoms with Crippen LogP contribution in [0.5, 0.6) is 0 Å². The second-order valence-corrected chi connectivity index (χ2v) is 6.05. The van der Waals surface area contributed by atoms with Gasteiger partial charge in [0.25, 0.3) is 0 Å². The molecular weight excluding hydrogens is 284 g/mol. The van der Waals surface area contributed by atoms with Gasteiger partial charge in [0.15, 0.2) is 5.78 Å². The molecule has 1 saturated heterocycles. The monoisotopic (exact) mass is 304 g/mol. The minimum atomic E-state index is 0.0220. The highest BCUT2D eigenvalue weighted by Crippen LogP contribution is 2.32. The van der Waals surface area contributed by atoms with Gasteiger partial charge in [-0.2, -0.15) is 5.26 Å². The first-order valence-electron chi connectivity index (χ1n) is 8.06. The number of benzene rings is 2. The fourth-order valence-corrected chi connectivity index (χ4v) is 3.38. The van der Waals surface area contributed by atoms with Crippen LogP contribution in [-0.2, 0) is 0 Å². The second kappa shape index (κ2) is 6.76. The molecule has 3 nitrogen and oxygen atoms in total. The predicted molar refractivity (Wildman–Crippen MR) is 90.6 cm³/mol. The number of nitriles is 1. The molecule has 0 unspecified atom stereocenters. The predicted octanol–water partition coefficient (Wildman–Crippen LogP) is 3.56. The van der Waals surface area contributed by atoms with Gasteiger partial charge in [-0.3, -0.25) is 4.79 Å². The number of hydrogen-bond acceptors (Lipinski definition) is 3. The van der Waals surface area contributed by atoms with Crippen LogP contribution < -0.4 is 5.32 Å². The molecule has 0 atom stereocenters. The first kappa shape index (κ1) is 15.5. The Hall–Kier alpha value is -2.44. The molecule has 116 valence electrons. The van der Waals surface area contributed by atoms with Gasteiger partial charge < -0.3 is 5.32 Å². The van der Waals surface area contributed by atoms with E-state index in [9.17, 15) is 10.1 Å². The van der Waals surface area contributed by atoms with Crippen LogP contribution in [0.2, 0.25) is 0 Å². The summed E-state index contributed by atoms with van der Waals surface area (Å²) in [6.07, 6.45) is 1.93. The SMILES string of the molecule is Cc1ccccc1C(=O)c1cccc(C#N)c1C1CCNCC1. The van der Waals surface area contributed by atoms with Gasteiger partial charge in [-0.25, -0.2) is 0 Å². The van der Waals surface area contributed by atoms with Crippen molar-refractivity contribution in [2.24, 2.45) is 0 Å². The zero-order valence-electron chi connectivity index (χ0n) is 13.3. The van der Waals surface area contributed by atoms with E-state index >= 15 is 0 Å². The summed E-state index contributed by atoms with van der Waals surface area (Å²) < 4.78 is 0. The average molecular weight is 304 g/mol. The number of piperidine rings is 1. The lowest BCUT2D eigenvalue weighted by atomic mass is 9.82. The molecule has 0 aliphatic carbocycles. The molecule has 1 aliphatic heterocycles. The lowest BCUT2D eigenvalue weighted by Gasteiger charge is -2.25. The van der Waals surface area contributed by atoms with E-state index in [1.807, 2.05) is 49.4 Å². The van der Waals surface area contributed by atoms with Gasteiger partial charge in [-0.05, 0) is 56.0 Å². The summed E-state index contributed by atoms with van der Waals surface area (Å²) in [7, 11) is 0. The second-order valence-electron chi connectivity index (χ2n) is 6.05. The van der Waals surface area contributed by atoms with Gasteiger partial charge >= 0.3 is 0 Å². The molecule has 2 aromatic rings. The zero-order valence-corrected chi connectivity index (χ0v) is 13.3. The number of carbonyl (C=O) groups excluding carboxylic acids is 1. The van der Waals surface area contributed by atoms with Crippen molar-refractivity contribution in [2.45, 2.75) is 25.7 Å². The van der Waals surface area contributed by atoms with Crippen molar-refractivity contribution >= 4 is 5.78 Å². The molecule has 0 amide bonds. The van der Waals surface area contributed by atoms with Crippen LogP contribution in [0.25, 0.3) is 0 Å². The maximum Gasteiger partial charge on any atom is 0.193 e. The molecule has 1 aliphatic rings. The van der Waals surface area contributed by atoms with Crippen molar-refractivity contribution in [3.8, 4) is 6.07 Å². The van der Waals surface area contributed by atoms with Gasteiger partial charge in [0, 0.05) is 11.1 Å². The normalized spacial score (nSPS) is 15.1.